The third-order valence-electron chi connectivity index (χ3n) is 3.09. The first-order valence-corrected chi connectivity index (χ1v) is 9.28. The Bertz CT molecular complexity index is 685. The zero-order valence-corrected chi connectivity index (χ0v) is 13.9. The molecule has 0 saturated heterocycles. The Labute approximate surface area is 133 Å². The van der Waals surface area contributed by atoms with Crippen molar-refractivity contribution in [2.24, 2.45) is 0 Å². The molecule has 0 unspecified atom stereocenters. The molecule has 2 N–H and O–H groups in total. The number of hydrogen-bond acceptors (Lipinski definition) is 6. The second kappa shape index (κ2) is 6.18. The summed E-state index contributed by atoms with van der Waals surface area (Å²) in [4.78, 5) is 2.79. The largest absolute Gasteiger partial charge is 0.360 e. The Morgan fingerprint density at radius 1 is 1.43 bits per heavy atom. The number of hydrogen-bond donors (Lipinski definition) is 2. The molecule has 0 amide bonds. The first-order valence-electron chi connectivity index (χ1n) is 6.02. The van der Waals surface area contributed by atoms with Crippen LogP contribution in [0, 0.1) is 6.29 Å². The first-order chi connectivity index (χ1) is 9.70. The van der Waals surface area contributed by atoms with Crippen molar-refractivity contribution in [3.63, 3.8) is 0 Å². The van der Waals surface area contributed by atoms with Crippen LogP contribution in [0.3, 0.4) is 0 Å². The Morgan fingerprint density at radius 2 is 2.10 bits per heavy atom. The van der Waals surface area contributed by atoms with Gasteiger partial charge in [-0.1, -0.05) is 17.7 Å². The van der Waals surface area contributed by atoms with Gasteiger partial charge in [0.15, 0.2) is 9.84 Å². The summed E-state index contributed by atoms with van der Waals surface area (Å²) in [6, 6.07) is 4.87. The van der Waals surface area contributed by atoms with E-state index in [4.69, 9.17) is 21.8 Å². The highest BCUT2D eigenvalue weighted by molar-refractivity contribution is 8.08. The van der Waals surface area contributed by atoms with E-state index in [1.54, 1.807) is 23.1 Å². The topological polar surface area (TPSA) is 77.8 Å². The van der Waals surface area contributed by atoms with Crippen LogP contribution >= 0.6 is 23.4 Å². The third-order valence-corrected chi connectivity index (χ3v) is 5.93. The molecule has 8 heteroatoms. The molecule has 0 fully saturated rings. The lowest BCUT2D eigenvalue weighted by atomic mass is 10.2. The molecule has 1 radical (unpaired) electrons. The summed E-state index contributed by atoms with van der Waals surface area (Å²) in [6.45, 7) is 1.89. The average Bonchev–Trinajstić information content (AvgIpc) is 2.70. The van der Waals surface area contributed by atoms with Gasteiger partial charge < -0.3 is 15.1 Å². The van der Waals surface area contributed by atoms with Crippen LogP contribution in [0.15, 0.2) is 28.8 Å². The van der Waals surface area contributed by atoms with Gasteiger partial charge >= 0.3 is 0 Å². The lowest BCUT2D eigenvalue weighted by molar-refractivity contribution is 0.0593. The van der Waals surface area contributed by atoms with Crippen LogP contribution in [-0.2, 0) is 9.84 Å². The van der Waals surface area contributed by atoms with Crippen molar-refractivity contribution in [3.8, 4) is 0 Å². The maximum atomic E-state index is 11.7. The predicted octanol–water partition coefficient (Wildman–Crippen LogP) is 2.67. The number of rotatable bonds is 4. The van der Waals surface area contributed by atoms with E-state index in [1.165, 1.54) is 11.8 Å². The summed E-state index contributed by atoms with van der Waals surface area (Å²) in [6.07, 6.45) is 0.468. The number of aliphatic hydroxyl groups is 2. The van der Waals surface area contributed by atoms with Crippen molar-refractivity contribution in [1.82, 2.24) is 4.90 Å². The second-order valence-corrected chi connectivity index (χ2v) is 8.07. The van der Waals surface area contributed by atoms with Gasteiger partial charge in [-0.25, -0.2) is 8.42 Å². The van der Waals surface area contributed by atoms with Crippen LogP contribution in [-0.4, -0.2) is 42.2 Å². The highest BCUT2D eigenvalue weighted by Crippen LogP contribution is 2.40. The maximum Gasteiger partial charge on any atom is 0.238 e. The van der Waals surface area contributed by atoms with E-state index >= 15 is 0 Å². The standard InChI is InChI=1S/C13H15ClNO4S2/c1-8-13(20-7-15(8)6-12(16)17)9-3-4-10(14)11(5-9)21(2,18)19/h3-5,16-17H,6-7H2,1-2H3. The number of allylic oxidation sites excluding steroid dienone is 1. The van der Waals surface area contributed by atoms with E-state index in [0.717, 1.165) is 22.4 Å². The van der Waals surface area contributed by atoms with Crippen molar-refractivity contribution in [1.29, 1.82) is 0 Å². The van der Waals surface area contributed by atoms with Crippen molar-refractivity contribution in [2.45, 2.75) is 11.8 Å². The van der Waals surface area contributed by atoms with Gasteiger partial charge in [-0.2, -0.15) is 0 Å². The minimum absolute atomic E-state index is 0.0366. The fraction of sp³-hybridized carbons (Fsp3) is 0.308. The summed E-state index contributed by atoms with van der Waals surface area (Å²) in [5, 5.41) is 18.1. The fourth-order valence-corrected chi connectivity index (χ4v) is 4.55. The van der Waals surface area contributed by atoms with Crippen molar-refractivity contribution < 1.29 is 18.6 Å². The van der Waals surface area contributed by atoms with Crippen LogP contribution in [0.5, 0.6) is 0 Å². The summed E-state index contributed by atoms with van der Waals surface area (Å²) >= 11 is 7.45. The molecular weight excluding hydrogens is 334 g/mol. The second-order valence-electron chi connectivity index (χ2n) is 4.72. The van der Waals surface area contributed by atoms with Crippen LogP contribution in [0.1, 0.15) is 12.5 Å². The first kappa shape index (κ1) is 16.6. The predicted molar refractivity (Wildman–Crippen MR) is 83.4 cm³/mol. The number of benzene rings is 1. The van der Waals surface area contributed by atoms with E-state index in [1.807, 2.05) is 6.92 Å². The summed E-state index contributed by atoms with van der Waals surface area (Å²) in [5.41, 5.74) is 1.62. The van der Waals surface area contributed by atoms with Gasteiger partial charge in [0, 0.05) is 16.9 Å². The summed E-state index contributed by atoms with van der Waals surface area (Å²) in [5.74, 6) is 0.572. The third kappa shape index (κ3) is 3.73. The number of nitrogens with zero attached hydrogens (tertiary/aromatic N) is 1. The summed E-state index contributed by atoms with van der Waals surface area (Å²) in [7, 11) is -3.40. The SMILES string of the molecule is CC1=C(c2ccc(Cl)c(S(C)(=O)=O)c2)SCN1C[C](O)O. The molecule has 0 bridgehead atoms. The van der Waals surface area contributed by atoms with Gasteiger partial charge in [0.25, 0.3) is 0 Å². The van der Waals surface area contributed by atoms with Gasteiger partial charge in [0.05, 0.1) is 22.3 Å². The van der Waals surface area contributed by atoms with Gasteiger partial charge in [-0.05, 0) is 24.6 Å². The molecule has 1 aliphatic rings. The molecule has 1 aliphatic heterocycles. The van der Waals surface area contributed by atoms with E-state index < -0.39 is 16.1 Å². The molecule has 21 heavy (non-hydrogen) atoms. The molecule has 0 aliphatic carbocycles. The Balaban J connectivity index is 2.42. The summed E-state index contributed by atoms with van der Waals surface area (Å²) < 4.78 is 23.4. The fourth-order valence-electron chi connectivity index (χ4n) is 2.04. The normalized spacial score (nSPS) is 16.2. The number of thioether (sulfide) groups is 1. The average molecular weight is 349 g/mol. The lowest BCUT2D eigenvalue weighted by Crippen LogP contribution is -2.23. The molecular formula is C13H15ClNO4S2. The molecule has 2 rings (SSSR count). The monoisotopic (exact) mass is 348 g/mol. The highest BCUT2D eigenvalue weighted by atomic mass is 35.5. The van der Waals surface area contributed by atoms with E-state index in [9.17, 15) is 8.42 Å². The van der Waals surface area contributed by atoms with Gasteiger partial charge in [0.2, 0.25) is 6.29 Å². The van der Waals surface area contributed by atoms with E-state index in [0.29, 0.717) is 5.88 Å². The molecule has 1 aromatic carbocycles. The lowest BCUT2D eigenvalue weighted by Gasteiger charge is -2.19. The zero-order valence-electron chi connectivity index (χ0n) is 11.5. The van der Waals surface area contributed by atoms with Crippen molar-refractivity contribution in [3.05, 3.63) is 40.8 Å². The molecule has 5 nitrogen and oxygen atoms in total. The Hall–Kier alpha value is -0.730. The van der Waals surface area contributed by atoms with Crippen LogP contribution in [0.4, 0.5) is 0 Å². The number of sulfone groups is 1. The zero-order chi connectivity index (χ0) is 15.8. The maximum absolute atomic E-state index is 11.7. The quantitative estimate of drug-likeness (QED) is 0.871. The van der Waals surface area contributed by atoms with Gasteiger partial charge in [0.1, 0.15) is 0 Å². The minimum Gasteiger partial charge on any atom is -0.360 e. The molecule has 0 atom stereocenters. The molecule has 1 aromatic rings. The molecule has 1 heterocycles. The molecule has 0 aromatic heterocycles. The van der Waals surface area contributed by atoms with Gasteiger partial charge in [-0.15, -0.1) is 11.8 Å². The van der Waals surface area contributed by atoms with E-state index in [2.05, 4.69) is 0 Å². The van der Waals surface area contributed by atoms with Crippen LogP contribution in [0.2, 0.25) is 5.02 Å². The van der Waals surface area contributed by atoms with Crippen LogP contribution < -0.4 is 0 Å². The molecule has 0 spiro atoms. The molecule has 0 saturated carbocycles. The van der Waals surface area contributed by atoms with Crippen molar-refractivity contribution in [2.75, 3.05) is 18.7 Å². The Morgan fingerprint density at radius 3 is 2.67 bits per heavy atom. The number of aliphatic hydroxyl groups excluding tert-OH is 1. The smallest absolute Gasteiger partial charge is 0.238 e. The van der Waals surface area contributed by atoms with Crippen molar-refractivity contribution >= 4 is 38.1 Å². The van der Waals surface area contributed by atoms with Gasteiger partial charge in [-0.3, -0.25) is 0 Å². The van der Waals surface area contributed by atoms with Crippen LogP contribution in [0.25, 0.3) is 4.91 Å². The van der Waals surface area contributed by atoms with E-state index in [-0.39, 0.29) is 16.5 Å². The Kier molecular flexibility index (Phi) is 4.89. The minimum atomic E-state index is -3.40. The number of halogens is 1. The highest BCUT2D eigenvalue weighted by Gasteiger charge is 2.24. The molecule has 115 valence electrons.